The van der Waals surface area contributed by atoms with E-state index in [-0.39, 0.29) is 0 Å². The first-order valence-electron chi connectivity index (χ1n) is 15.1. The summed E-state index contributed by atoms with van der Waals surface area (Å²) in [6, 6.07) is 37.5. The molecular formula is C38H32N6O. The SMILES string of the molecule is Cc1nn(-c2ccccc2)c(C)c1-c1cc(Oc2ccc3c4ccccc4n(-c4ccccn4)c3c2)cc(N2C=CN(C)C2)c1. The molecule has 1 aliphatic rings. The molecule has 0 saturated heterocycles. The second kappa shape index (κ2) is 10.7. The number of ether oxygens (including phenoxy) is 1. The standard InChI is InChI=1S/C38H32N6O/c1-26-38(27(2)44(40-26)29-11-5-4-6-12-29)28-21-30(42-20-19-41(3)25-42)23-32(22-28)45-31-16-17-34-33-13-7-8-14-35(33)43(36(34)24-31)37-15-9-10-18-39-37/h4-24H,25H2,1-3H3. The second-order valence-electron chi connectivity index (χ2n) is 11.5. The molecule has 0 atom stereocenters. The minimum atomic E-state index is 0.757. The number of hydrogen-bond donors (Lipinski definition) is 0. The van der Waals surface area contributed by atoms with Crippen molar-refractivity contribution < 1.29 is 4.74 Å². The van der Waals surface area contributed by atoms with Crippen molar-refractivity contribution in [3.8, 4) is 34.1 Å². The van der Waals surface area contributed by atoms with Gasteiger partial charge in [-0.15, -0.1) is 0 Å². The van der Waals surface area contributed by atoms with Gasteiger partial charge >= 0.3 is 0 Å². The molecule has 4 aromatic carbocycles. The lowest BCUT2D eigenvalue weighted by atomic mass is 10.0. The number of benzene rings is 4. The Balaban J connectivity index is 1.25. The van der Waals surface area contributed by atoms with Crippen molar-refractivity contribution in [2.45, 2.75) is 13.8 Å². The molecule has 0 N–H and O–H groups in total. The Bertz CT molecular complexity index is 2210. The first kappa shape index (κ1) is 26.8. The van der Waals surface area contributed by atoms with Crippen LogP contribution in [0, 0.1) is 13.8 Å². The van der Waals surface area contributed by atoms with Crippen LogP contribution >= 0.6 is 0 Å². The van der Waals surface area contributed by atoms with Crippen LogP contribution in [0.1, 0.15) is 11.4 Å². The minimum absolute atomic E-state index is 0.757. The molecule has 3 aromatic heterocycles. The highest BCUT2D eigenvalue weighted by molar-refractivity contribution is 6.09. The van der Waals surface area contributed by atoms with Gasteiger partial charge in [0.1, 0.15) is 17.3 Å². The van der Waals surface area contributed by atoms with Crippen molar-refractivity contribution in [3.63, 3.8) is 0 Å². The molecule has 0 radical (unpaired) electrons. The Labute approximate surface area is 261 Å². The third kappa shape index (κ3) is 4.69. The number of anilines is 1. The Morgan fingerprint density at radius 1 is 0.689 bits per heavy atom. The Morgan fingerprint density at radius 2 is 1.49 bits per heavy atom. The quantitative estimate of drug-likeness (QED) is 0.195. The molecule has 0 aliphatic carbocycles. The van der Waals surface area contributed by atoms with Gasteiger partial charge in [-0.3, -0.25) is 4.57 Å². The molecule has 7 nitrogen and oxygen atoms in total. The van der Waals surface area contributed by atoms with Crippen molar-refractivity contribution in [2.24, 2.45) is 0 Å². The molecule has 220 valence electrons. The average molecular weight is 589 g/mol. The van der Waals surface area contributed by atoms with E-state index in [1.165, 1.54) is 5.39 Å². The van der Waals surface area contributed by atoms with E-state index in [4.69, 9.17) is 9.84 Å². The summed E-state index contributed by atoms with van der Waals surface area (Å²) in [4.78, 5) is 9.06. The number of rotatable bonds is 6. The summed E-state index contributed by atoms with van der Waals surface area (Å²) in [7, 11) is 2.08. The fraction of sp³-hybridized carbons (Fsp3) is 0.105. The van der Waals surface area contributed by atoms with Crippen LogP contribution in [-0.2, 0) is 0 Å². The normalized spacial score (nSPS) is 13.0. The van der Waals surface area contributed by atoms with Crippen LogP contribution in [0.4, 0.5) is 5.69 Å². The summed E-state index contributed by atoms with van der Waals surface area (Å²) in [5.41, 5.74) is 8.46. The molecule has 7 heteroatoms. The first-order valence-corrected chi connectivity index (χ1v) is 15.1. The maximum absolute atomic E-state index is 6.71. The van der Waals surface area contributed by atoms with Crippen molar-refractivity contribution in [1.29, 1.82) is 0 Å². The molecule has 4 heterocycles. The molecule has 1 aliphatic heterocycles. The molecule has 0 saturated carbocycles. The summed E-state index contributed by atoms with van der Waals surface area (Å²) in [5.74, 6) is 2.39. The third-order valence-electron chi connectivity index (χ3n) is 8.44. The average Bonchev–Trinajstić information content (AvgIpc) is 3.74. The van der Waals surface area contributed by atoms with Crippen LogP contribution in [0.15, 0.2) is 128 Å². The van der Waals surface area contributed by atoms with Crippen molar-refractivity contribution >= 4 is 27.5 Å². The highest BCUT2D eigenvalue weighted by Gasteiger charge is 2.20. The van der Waals surface area contributed by atoms with Gasteiger partial charge in [0, 0.05) is 65.5 Å². The van der Waals surface area contributed by atoms with Gasteiger partial charge in [-0.2, -0.15) is 5.10 Å². The van der Waals surface area contributed by atoms with Gasteiger partial charge in [0.05, 0.1) is 29.1 Å². The highest BCUT2D eigenvalue weighted by Crippen LogP contribution is 2.39. The van der Waals surface area contributed by atoms with Crippen LogP contribution in [0.5, 0.6) is 11.5 Å². The summed E-state index contributed by atoms with van der Waals surface area (Å²) >= 11 is 0. The van der Waals surface area contributed by atoms with Crippen LogP contribution in [0.3, 0.4) is 0 Å². The van der Waals surface area contributed by atoms with E-state index >= 15 is 0 Å². The summed E-state index contributed by atoms with van der Waals surface area (Å²) < 4.78 is 10.9. The number of aryl methyl sites for hydroxylation is 1. The Morgan fingerprint density at radius 3 is 2.29 bits per heavy atom. The summed E-state index contributed by atoms with van der Waals surface area (Å²) in [6.45, 7) is 4.96. The van der Waals surface area contributed by atoms with E-state index in [1.807, 2.05) is 47.3 Å². The largest absolute Gasteiger partial charge is 0.457 e. The number of para-hydroxylation sites is 2. The predicted octanol–water partition coefficient (Wildman–Crippen LogP) is 8.62. The molecular weight excluding hydrogens is 556 g/mol. The van der Waals surface area contributed by atoms with Crippen molar-refractivity contribution in [2.75, 3.05) is 18.6 Å². The van der Waals surface area contributed by atoms with Crippen LogP contribution in [0.25, 0.3) is 44.4 Å². The van der Waals surface area contributed by atoms with Gasteiger partial charge in [-0.1, -0.05) is 42.5 Å². The molecule has 7 aromatic rings. The topological polar surface area (TPSA) is 51.4 Å². The van der Waals surface area contributed by atoms with E-state index in [2.05, 4.69) is 125 Å². The maximum Gasteiger partial charge on any atom is 0.137 e. The van der Waals surface area contributed by atoms with Crippen molar-refractivity contribution in [3.05, 3.63) is 139 Å². The van der Waals surface area contributed by atoms with Gasteiger partial charge in [-0.05, 0) is 74.0 Å². The number of hydrogen-bond acceptors (Lipinski definition) is 5. The van der Waals surface area contributed by atoms with E-state index in [9.17, 15) is 0 Å². The predicted molar refractivity (Wildman–Crippen MR) is 181 cm³/mol. The molecule has 45 heavy (non-hydrogen) atoms. The van der Waals surface area contributed by atoms with Gasteiger partial charge in [-0.25, -0.2) is 9.67 Å². The number of pyridine rings is 1. The van der Waals surface area contributed by atoms with Crippen LogP contribution < -0.4 is 9.64 Å². The highest BCUT2D eigenvalue weighted by atomic mass is 16.5. The van der Waals surface area contributed by atoms with Gasteiger partial charge in [0.15, 0.2) is 0 Å². The van der Waals surface area contributed by atoms with E-state index in [0.29, 0.717) is 0 Å². The Kier molecular flexibility index (Phi) is 6.38. The van der Waals surface area contributed by atoms with Crippen LogP contribution in [-0.4, -0.2) is 37.9 Å². The van der Waals surface area contributed by atoms with Gasteiger partial charge in [0.25, 0.3) is 0 Å². The van der Waals surface area contributed by atoms with E-state index in [0.717, 1.165) is 74.3 Å². The molecule has 0 bridgehead atoms. The zero-order valence-corrected chi connectivity index (χ0v) is 25.4. The molecule has 0 unspecified atom stereocenters. The lowest BCUT2D eigenvalue weighted by Crippen LogP contribution is -2.21. The smallest absolute Gasteiger partial charge is 0.137 e. The summed E-state index contributed by atoms with van der Waals surface area (Å²) in [6.07, 6.45) is 6.02. The lowest BCUT2D eigenvalue weighted by molar-refractivity contribution is 0.481. The minimum Gasteiger partial charge on any atom is -0.457 e. The van der Waals surface area contributed by atoms with Crippen LogP contribution in [0.2, 0.25) is 0 Å². The fourth-order valence-corrected chi connectivity index (χ4v) is 6.41. The zero-order valence-electron chi connectivity index (χ0n) is 25.4. The lowest BCUT2D eigenvalue weighted by Gasteiger charge is -2.20. The van der Waals surface area contributed by atoms with Crippen molar-refractivity contribution in [1.82, 2.24) is 24.2 Å². The first-order chi connectivity index (χ1) is 22.0. The monoisotopic (exact) mass is 588 g/mol. The maximum atomic E-state index is 6.71. The van der Waals surface area contributed by atoms with Gasteiger partial charge < -0.3 is 14.5 Å². The molecule has 0 amide bonds. The molecule has 0 fully saturated rings. The summed E-state index contributed by atoms with van der Waals surface area (Å²) in [5, 5.41) is 7.27. The fourth-order valence-electron chi connectivity index (χ4n) is 6.41. The molecule has 8 rings (SSSR count). The number of aromatic nitrogens is 4. The Hall–Kier alpha value is -5.82. The number of nitrogens with zero attached hydrogens (tertiary/aromatic N) is 6. The number of fused-ring (bicyclic) bond motifs is 3. The zero-order chi connectivity index (χ0) is 30.5. The third-order valence-corrected chi connectivity index (χ3v) is 8.44. The molecule has 0 spiro atoms. The van der Waals surface area contributed by atoms with E-state index in [1.54, 1.807) is 0 Å². The van der Waals surface area contributed by atoms with E-state index < -0.39 is 0 Å². The second-order valence-corrected chi connectivity index (χ2v) is 11.5. The van der Waals surface area contributed by atoms with Gasteiger partial charge in [0.2, 0.25) is 0 Å².